The summed E-state index contributed by atoms with van der Waals surface area (Å²) in [5.74, 6) is 0.416. The first-order valence-corrected chi connectivity index (χ1v) is 11.1. The van der Waals surface area contributed by atoms with Gasteiger partial charge in [0.1, 0.15) is 5.76 Å². The van der Waals surface area contributed by atoms with Gasteiger partial charge in [-0.25, -0.2) is 13.4 Å². The van der Waals surface area contributed by atoms with Crippen LogP contribution in [0.3, 0.4) is 0 Å². The van der Waals surface area contributed by atoms with Crippen LogP contribution in [0.25, 0.3) is 10.2 Å². The van der Waals surface area contributed by atoms with Crippen molar-refractivity contribution in [2.45, 2.75) is 11.4 Å². The molecule has 0 N–H and O–H groups in total. The largest absolute Gasteiger partial charge is 0.467 e. The number of anilines is 1. The minimum absolute atomic E-state index is 0.209. The summed E-state index contributed by atoms with van der Waals surface area (Å²) in [6, 6.07) is 17.3. The molecule has 142 valence electrons. The number of nitrogens with zero attached hydrogens (tertiary/aromatic N) is 2. The number of furan rings is 1. The lowest BCUT2D eigenvalue weighted by atomic mass is 10.2. The fraction of sp³-hybridized carbons (Fsp3) is 0.100. The van der Waals surface area contributed by atoms with Gasteiger partial charge < -0.3 is 4.42 Å². The first-order valence-electron chi connectivity index (χ1n) is 8.42. The molecule has 0 unspecified atom stereocenters. The maximum atomic E-state index is 13.1. The highest BCUT2D eigenvalue weighted by Crippen LogP contribution is 2.32. The van der Waals surface area contributed by atoms with E-state index in [2.05, 4.69) is 4.98 Å². The second-order valence-corrected chi connectivity index (χ2v) is 9.26. The summed E-state index contributed by atoms with van der Waals surface area (Å²) in [5.41, 5.74) is 1.17. The zero-order chi connectivity index (χ0) is 19.7. The molecule has 0 radical (unpaired) electrons. The molecular formula is C20H16N2O4S2. The Morgan fingerprint density at radius 2 is 1.89 bits per heavy atom. The van der Waals surface area contributed by atoms with Gasteiger partial charge in [-0.15, -0.1) is 0 Å². The maximum Gasteiger partial charge on any atom is 0.260 e. The first-order chi connectivity index (χ1) is 13.4. The molecule has 0 spiro atoms. The van der Waals surface area contributed by atoms with E-state index in [1.807, 2.05) is 6.07 Å². The summed E-state index contributed by atoms with van der Waals surface area (Å²) in [6.45, 7) is 0.222. The minimum atomic E-state index is -3.32. The Kier molecular flexibility index (Phi) is 4.74. The Labute approximate surface area is 166 Å². The number of hydrogen-bond acceptors (Lipinski definition) is 6. The van der Waals surface area contributed by atoms with Crippen molar-refractivity contribution < 1.29 is 17.6 Å². The third-order valence-corrected chi connectivity index (χ3v) is 6.32. The van der Waals surface area contributed by atoms with E-state index in [0.29, 0.717) is 26.7 Å². The third kappa shape index (κ3) is 3.69. The SMILES string of the molecule is CS(=O)(=O)c1ccc2nc(N(Cc3ccco3)C(=O)c3ccccc3)sc2c1. The minimum Gasteiger partial charge on any atom is -0.467 e. The van der Waals surface area contributed by atoms with E-state index < -0.39 is 9.84 Å². The summed E-state index contributed by atoms with van der Waals surface area (Å²) in [6.07, 6.45) is 2.72. The summed E-state index contributed by atoms with van der Waals surface area (Å²) in [7, 11) is -3.32. The summed E-state index contributed by atoms with van der Waals surface area (Å²) < 4.78 is 29.8. The Morgan fingerprint density at radius 1 is 1.11 bits per heavy atom. The number of amides is 1. The highest BCUT2D eigenvalue weighted by atomic mass is 32.2. The summed E-state index contributed by atoms with van der Waals surface area (Å²) >= 11 is 1.27. The third-order valence-electron chi connectivity index (χ3n) is 4.17. The van der Waals surface area contributed by atoms with Gasteiger partial charge in [0, 0.05) is 11.8 Å². The Morgan fingerprint density at radius 3 is 2.57 bits per heavy atom. The van der Waals surface area contributed by atoms with E-state index in [0.717, 1.165) is 6.26 Å². The van der Waals surface area contributed by atoms with Gasteiger partial charge in [0.25, 0.3) is 5.91 Å². The molecule has 28 heavy (non-hydrogen) atoms. The molecule has 0 fully saturated rings. The molecule has 0 aliphatic heterocycles. The number of fused-ring (bicyclic) bond motifs is 1. The second-order valence-electron chi connectivity index (χ2n) is 6.23. The topological polar surface area (TPSA) is 80.5 Å². The highest BCUT2D eigenvalue weighted by molar-refractivity contribution is 7.90. The van der Waals surface area contributed by atoms with Gasteiger partial charge in [0.2, 0.25) is 0 Å². The number of aromatic nitrogens is 1. The van der Waals surface area contributed by atoms with Crippen LogP contribution in [0.4, 0.5) is 5.13 Å². The van der Waals surface area contributed by atoms with Crippen LogP contribution in [0.15, 0.2) is 76.2 Å². The summed E-state index contributed by atoms with van der Waals surface area (Å²) in [4.78, 5) is 19.4. The fourth-order valence-corrected chi connectivity index (χ4v) is 4.48. The van der Waals surface area contributed by atoms with Gasteiger partial charge in [0.05, 0.1) is 27.9 Å². The lowest BCUT2D eigenvalue weighted by Gasteiger charge is -2.18. The first kappa shape index (κ1) is 18.4. The molecule has 2 heterocycles. The molecule has 2 aromatic heterocycles. The molecule has 2 aromatic carbocycles. The lowest BCUT2D eigenvalue weighted by Crippen LogP contribution is -2.30. The van der Waals surface area contributed by atoms with Crippen LogP contribution in [-0.2, 0) is 16.4 Å². The van der Waals surface area contributed by atoms with Crippen molar-refractivity contribution in [3.8, 4) is 0 Å². The molecule has 1 amide bonds. The fourth-order valence-electron chi connectivity index (χ4n) is 2.76. The average Bonchev–Trinajstić information content (AvgIpc) is 3.34. The van der Waals surface area contributed by atoms with Crippen molar-refractivity contribution in [3.63, 3.8) is 0 Å². The van der Waals surface area contributed by atoms with Crippen LogP contribution in [0.1, 0.15) is 16.1 Å². The van der Waals surface area contributed by atoms with E-state index in [9.17, 15) is 13.2 Å². The van der Waals surface area contributed by atoms with Crippen LogP contribution in [0.5, 0.6) is 0 Å². The molecular weight excluding hydrogens is 396 g/mol. The van der Waals surface area contributed by atoms with Gasteiger partial charge in [-0.2, -0.15) is 0 Å². The number of hydrogen-bond donors (Lipinski definition) is 0. The van der Waals surface area contributed by atoms with Crippen LogP contribution < -0.4 is 4.90 Å². The molecule has 0 aliphatic carbocycles. The predicted molar refractivity (Wildman–Crippen MR) is 108 cm³/mol. The molecule has 0 saturated heterocycles. The van der Waals surface area contributed by atoms with Crippen molar-refractivity contribution in [2.24, 2.45) is 0 Å². The van der Waals surface area contributed by atoms with E-state index in [-0.39, 0.29) is 17.3 Å². The van der Waals surface area contributed by atoms with Gasteiger partial charge in [-0.3, -0.25) is 9.69 Å². The zero-order valence-electron chi connectivity index (χ0n) is 14.9. The van der Waals surface area contributed by atoms with Crippen molar-refractivity contribution in [1.29, 1.82) is 0 Å². The molecule has 8 heteroatoms. The average molecular weight is 412 g/mol. The number of carbonyl (C=O) groups excluding carboxylic acids is 1. The molecule has 0 aliphatic rings. The number of carbonyl (C=O) groups is 1. The molecule has 6 nitrogen and oxygen atoms in total. The number of rotatable bonds is 5. The smallest absolute Gasteiger partial charge is 0.260 e. The molecule has 4 rings (SSSR count). The number of sulfone groups is 1. The van der Waals surface area contributed by atoms with Crippen LogP contribution in [-0.4, -0.2) is 25.6 Å². The highest BCUT2D eigenvalue weighted by Gasteiger charge is 2.23. The zero-order valence-corrected chi connectivity index (χ0v) is 16.5. The summed E-state index contributed by atoms with van der Waals surface area (Å²) in [5, 5.41) is 0.478. The number of thiazole rings is 1. The standard InChI is InChI=1S/C20H16N2O4S2/c1-28(24,25)16-9-10-17-18(12-16)27-20(21-17)22(13-15-8-5-11-26-15)19(23)14-6-3-2-4-7-14/h2-12H,13H2,1H3. The van der Waals surface area contributed by atoms with E-state index >= 15 is 0 Å². The van der Waals surface area contributed by atoms with Crippen LogP contribution >= 0.6 is 11.3 Å². The van der Waals surface area contributed by atoms with E-state index in [4.69, 9.17) is 4.42 Å². The van der Waals surface area contributed by atoms with Crippen molar-refractivity contribution in [1.82, 2.24) is 4.98 Å². The lowest BCUT2D eigenvalue weighted by molar-refractivity contribution is 0.0983. The molecule has 0 atom stereocenters. The second kappa shape index (κ2) is 7.21. The maximum absolute atomic E-state index is 13.1. The van der Waals surface area contributed by atoms with Gasteiger partial charge in [-0.05, 0) is 42.5 Å². The van der Waals surface area contributed by atoms with E-state index in [1.54, 1.807) is 59.7 Å². The predicted octanol–water partition coefficient (Wildman–Crippen LogP) is 4.14. The molecule has 4 aromatic rings. The van der Waals surface area contributed by atoms with E-state index in [1.165, 1.54) is 17.4 Å². The Balaban J connectivity index is 1.78. The molecule has 0 bridgehead atoms. The van der Waals surface area contributed by atoms with Crippen LogP contribution in [0.2, 0.25) is 0 Å². The van der Waals surface area contributed by atoms with Crippen LogP contribution in [0, 0.1) is 0 Å². The van der Waals surface area contributed by atoms with Gasteiger partial charge in [-0.1, -0.05) is 29.5 Å². The van der Waals surface area contributed by atoms with Crippen molar-refractivity contribution in [2.75, 3.05) is 11.2 Å². The molecule has 0 saturated carbocycles. The normalized spacial score (nSPS) is 11.6. The van der Waals surface area contributed by atoms with Crippen molar-refractivity contribution >= 4 is 42.4 Å². The number of benzene rings is 2. The Bertz CT molecular complexity index is 1230. The van der Waals surface area contributed by atoms with Gasteiger partial charge in [0.15, 0.2) is 15.0 Å². The Hall–Kier alpha value is -2.97. The van der Waals surface area contributed by atoms with Gasteiger partial charge >= 0.3 is 0 Å². The quantitative estimate of drug-likeness (QED) is 0.492. The van der Waals surface area contributed by atoms with Crippen molar-refractivity contribution in [3.05, 3.63) is 78.3 Å². The monoisotopic (exact) mass is 412 g/mol.